The summed E-state index contributed by atoms with van der Waals surface area (Å²) in [5, 5.41) is 35.5. The number of carboxylic acid groups (broad SMARTS) is 1. The number of carboxylic acids is 1. The van der Waals surface area contributed by atoms with Crippen LogP contribution in [0.3, 0.4) is 0 Å². The number of aliphatic imine (C=N–C) groups is 1. The van der Waals surface area contributed by atoms with Gasteiger partial charge in [-0.2, -0.15) is 0 Å². The molecule has 3 rings (SSSR count). The minimum Gasteiger partial charge on any atom is -0.508 e. The Labute approximate surface area is 390 Å². The molecule has 1 aromatic heterocycles. The zero-order valence-corrected chi connectivity index (χ0v) is 39.3. The number of aromatic amines is 1. The lowest BCUT2D eigenvalue weighted by molar-refractivity contribution is -0.144. The average molecular weight is 940 g/mol. The fourth-order valence-corrected chi connectivity index (χ4v) is 7.34. The van der Waals surface area contributed by atoms with Crippen molar-refractivity contribution >= 4 is 53.3 Å². The van der Waals surface area contributed by atoms with E-state index < -0.39 is 101 Å². The van der Waals surface area contributed by atoms with E-state index >= 15 is 0 Å². The van der Waals surface area contributed by atoms with Gasteiger partial charge in [0.15, 0.2) is 5.96 Å². The predicted octanol–water partition coefficient (Wildman–Crippen LogP) is -1.78. The number of likely N-dealkylation sites (tertiary alicyclic amines) is 1. The molecule has 7 amide bonds. The predicted molar refractivity (Wildman–Crippen MR) is 246 cm³/mol. The molecule has 1 aliphatic rings. The summed E-state index contributed by atoms with van der Waals surface area (Å²) in [5.41, 5.74) is 11.9. The molecule has 1 aromatic carbocycles. The topological polar surface area (TPSA) is 349 Å². The van der Waals surface area contributed by atoms with Crippen LogP contribution >= 0.6 is 0 Å². The first-order chi connectivity index (χ1) is 31.6. The second kappa shape index (κ2) is 26.4. The molecule has 0 unspecified atom stereocenters. The van der Waals surface area contributed by atoms with E-state index in [1.165, 1.54) is 36.5 Å². The number of carbonyl (C=O) groups excluding carboxylic acids is 7. The standard InChI is InChI=1S/C44H69N13O10/c1-8-25(4)36(41(64)53-32(20-28-21-47-23-49-28)42(65)57-18-10-12-33(57)39(62)50-26(5)43(66)67)55-38(61)31(19-27-13-15-29(58)16-14-27)52-40(63)35(24(2)3)54-37(60)30(11-9-17-48-44(45)46)51-34(59)22-56(6)7/h13-16,21,23-26,30-33,35-36,58H,8-12,17-20,22H2,1-7H3,(H,47,49)(H,50,62)(H,51,59)(H,52,63)(H,53,64)(H,54,60)(H,55,61)(H,66,67)(H4,45,46,48)/t25-,26-,30-,31-,32-,33-,35-,36-/m0/s1. The Hall–Kier alpha value is -6.78. The molecule has 0 aliphatic carbocycles. The number of nitrogens with one attached hydrogen (secondary N) is 7. The van der Waals surface area contributed by atoms with Crippen molar-refractivity contribution in [3.63, 3.8) is 0 Å². The van der Waals surface area contributed by atoms with Crippen LogP contribution in [0.5, 0.6) is 5.75 Å². The SMILES string of the molecule is CC[C@H](C)[C@H](NC(=O)[C@H](Cc1ccc(O)cc1)NC(=O)[C@@H](NC(=O)[C@H](CCCN=C(N)N)NC(=O)CN(C)C)C(C)C)C(=O)N[C@@H](Cc1cnc[nH]1)C(=O)N1CCC[C@H]1C(=O)N[C@@H](C)C(=O)O. The van der Waals surface area contributed by atoms with Gasteiger partial charge < -0.3 is 68.4 Å². The molecular formula is C44H69N13O10. The Bertz CT molecular complexity index is 2030. The number of aromatic hydroxyl groups is 1. The summed E-state index contributed by atoms with van der Waals surface area (Å²) >= 11 is 0. The monoisotopic (exact) mass is 940 g/mol. The summed E-state index contributed by atoms with van der Waals surface area (Å²) in [5.74, 6) is -7.05. The molecule has 1 fully saturated rings. The number of carbonyl (C=O) groups is 8. The van der Waals surface area contributed by atoms with Crippen LogP contribution in [0.1, 0.15) is 78.0 Å². The van der Waals surface area contributed by atoms with E-state index in [-0.39, 0.29) is 57.0 Å². The van der Waals surface area contributed by atoms with Gasteiger partial charge >= 0.3 is 5.97 Å². The summed E-state index contributed by atoms with van der Waals surface area (Å²) in [4.78, 5) is 122. The van der Waals surface area contributed by atoms with E-state index in [0.29, 0.717) is 30.5 Å². The summed E-state index contributed by atoms with van der Waals surface area (Å²) < 4.78 is 0. The van der Waals surface area contributed by atoms with Crippen molar-refractivity contribution in [1.82, 2.24) is 51.7 Å². The third-order valence-corrected chi connectivity index (χ3v) is 11.3. The van der Waals surface area contributed by atoms with E-state index in [9.17, 15) is 48.6 Å². The fourth-order valence-electron chi connectivity index (χ4n) is 7.34. The lowest BCUT2D eigenvalue weighted by atomic mass is 9.96. The van der Waals surface area contributed by atoms with Gasteiger partial charge in [-0.25, -0.2) is 4.98 Å². The summed E-state index contributed by atoms with van der Waals surface area (Å²) in [6, 6.07) is -2.39. The van der Waals surface area contributed by atoms with Crippen LogP contribution in [-0.4, -0.2) is 159 Å². The zero-order valence-electron chi connectivity index (χ0n) is 39.3. The van der Waals surface area contributed by atoms with Crippen molar-refractivity contribution in [3.8, 4) is 5.75 Å². The Morgan fingerprint density at radius 2 is 1.48 bits per heavy atom. The van der Waals surface area contributed by atoms with Gasteiger partial charge in [-0.15, -0.1) is 0 Å². The van der Waals surface area contributed by atoms with Gasteiger partial charge in [0.05, 0.1) is 12.9 Å². The number of hydrogen-bond donors (Lipinski definition) is 11. The number of H-pyrrole nitrogens is 1. The highest BCUT2D eigenvalue weighted by molar-refractivity contribution is 5.98. The molecule has 0 bridgehead atoms. The van der Waals surface area contributed by atoms with Crippen molar-refractivity contribution in [3.05, 3.63) is 48.0 Å². The minimum absolute atomic E-state index is 0.01000. The van der Waals surface area contributed by atoms with Gasteiger partial charge in [0.25, 0.3) is 0 Å². The largest absolute Gasteiger partial charge is 0.508 e. The number of nitrogens with zero attached hydrogens (tertiary/aromatic N) is 4. The summed E-state index contributed by atoms with van der Waals surface area (Å²) in [7, 11) is 3.38. The van der Waals surface area contributed by atoms with Crippen molar-refractivity contribution in [1.29, 1.82) is 0 Å². The van der Waals surface area contributed by atoms with Crippen LogP contribution in [0.2, 0.25) is 0 Å². The molecule has 0 radical (unpaired) electrons. The van der Waals surface area contributed by atoms with Crippen LogP contribution in [0.4, 0.5) is 0 Å². The Morgan fingerprint density at radius 1 is 0.851 bits per heavy atom. The Kier molecular flexibility index (Phi) is 21.5. The van der Waals surface area contributed by atoms with Crippen LogP contribution in [-0.2, 0) is 51.2 Å². The molecule has 13 N–H and O–H groups in total. The third-order valence-electron chi connectivity index (χ3n) is 11.3. The number of nitrogens with two attached hydrogens (primary N) is 2. The summed E-state index contributed by atoms with van der Waals surface area (Å²) in [6.45, 7) is 8.56. The molecule has 370 valence electrons. The third kappa shape index (κ3) is 17.5. The second-order valence-corrected chi connectivity index (χ2v) is 17.4. The molecule has 2 aromatic rings. The number of guanidine groups is 1. The van der Waals surface area contributed by atoms with Crippen molar-refractivity contribution in [2.24, 2.45) is 28.3 Å². The van der Waals surface area contributed by atoms with Gasteiger partial charge in [-0.1, -0.05) is 46.2 Å². The van der Waals surface area contributed by atoms with Crippen LogP contribution < -0.4 is 43.4 Å². The van der Waals surface area contributed by atoms with Gasteiger partial charge in [0, 0.05) is 37.8 Å². The van der Waals surface area contributed by atoms with E-state index in [2.05, 4.69) is 46.9 Å². The molecule has 2 heterocycles. The molecule has 1 saturated heterocycles. The molecule has 67 heavy (non-hydrogen) atoms. The van der Waals surface area contributed by atoms with E-state index in [0.717, 1.165) is 0 Å². The number of hydrogen-bond acceptors (Lipinski definition) is 12. The molecule has 23 heteroatoms. The van der Waals surface area contributed by atoms with Crippen LogP contribution in [0, 0.1) is 11.8 Å². The lowest BCUT2D eigenvalue weighted by Crippen LogP contribution is -2.62. The maximum atomic E-state index is 14.5. The fraction of sp³-hybridized carbons (Fsp3) is 0.591. The van der Waals surface area contributed by atoms with Crippen LogP contribution in [0.25, 0.3) is 0 Å². The maximum Gasteiger partial charge on any atom is 0.325 e. The van der Waals surface area contributed by atoms with Gasteiger partial charge in [-0.3, -0.25) is 43.3 Å². The molecule has 0 spiro atoms. The van der Waals surface area contributed by atoms with E-state index in [4.69, 9.17) is 11.5 Å². The first kappa shape index (κ1) is 54.6. The van der Waals surface area contributed by atoms with Crippen LogP contribution in [0.15, 0.2) is 41.8 Å². The van der Waals surface area contributed by atoms with Gasteiger partial charge in [0.1, 0.15) is 48.0 Å². The number of likely N-dealkylation sites (N-methyl/N-ethyl adjacent to an activating group) is 1. The smallest absolute Gasteiger partial charge is 0.325 e. The van der Waals surface area contributed by atoms with Gasteiger partial charge in [0.2, 0.25) is 41.4 Å². The quantitative estimate of drug-likeness (QED) is 0.0283. The lowest BCUT2D eigenvalue weighted by Gasteiger charge is -2.32. The van der Waals surface area contributed by atoms with E-state index in [1.54, 1.807) is 58.8 Å². The second-order valence-electron chi connectivity index (χ2n) is 17.4. The first-order valence-corrected chi connectivity index (χ1v) is 22.4. The number of rotatable bonds is 26. The zero-order chi connectivity index (χ0) is 50.0. The number of imidazole rings is 1. The number of phenolic OH excluding ortho intramolecular Hbond substituents is 1. The Balaban J connectivity index is 1.92. The van der Waals surface area contributed by atoms with E-state index in [1.807, 2.05) is 0 Å². The summed E-state index contributed by atoms with van der Waals surface area (Å²) in [6.07, 6.45) is 4.25. The molecule has 8 atom stereocenters. The van der Waals surface area contributed by atoms with Gasteiger partial charge in [-0.05, 0) is 76.2 Å². The highest BCUT2D eigenvalue weighted by Crippen LogP contribution is 2.21. The first-order valence-electron chi connectivity index (χ1n) is 22.4. The number of amides is 7. The molecule has 23 nitrogen and oxygen atoms in total. The molecular weight excluding hydrogens is 871 g/mol. The highest BCUT2D eigenvalue weighted by atomic mass is 16.4. The van der Waals surface area contributed by atoms with Crippen molar-refractivity contribution in [2.45, 2.75) is 122 Å². The van der Waals surface area contributed by atoms with Crippen molar-refractivity contribution < 1.29 is 48.6 Å². The number of aliphatic carboxylic acids is 1. The number of phenols is 1. The maximum absolute atomic E-state index is 14.5. The Morgan fingerprint density at radius 3 is 2.06 bits per heavy atom. The molecule has 0 saturated carbocycles. The number of benzene rings is 1. The normalized spacial score (nSPS) is 16.6. The van der Waals surface area contributed by atoms with Crippen molar-refractivity contribution in [2.75, 3.05) is 33.7 Å². The number of aromatic nitrogens is 2. The average Bonchev–Trinajstić information content (AvgIpc) is 3.98. The minimum atomic E-state index is -1.34. The molecule has 1 aliphatic heterocycles. The highest BCUT2D eigenvalue weighted by Gasteiger charge is 2.40.